The summed E-state index contributed by atoms with van der Waals surface area (Å²) in [6.07, 6.45) is 5.64. The second kappa shape index (κ2) is 10.4. The third kappa shape index (κ3) is 5.94. The number of aryl methyl sites for hydroxylation is 1. The monoisotopic (exact) mass is 444 g/mol. The number of nitrogens with one attached hydrogen (secondary N) is 2. The van der Waals surface area contributed by atoms with Crippen molar-refractivity contribution in [3.8, 4) is 0 Å². The zero-order valence-corrected chi connectivity index (χ0v) is 18.3. The van der Waals surface area contributed by atoms with Gasteiger partial charge in [0.15, 0.2) is 5.13 Å². The molecule has 0 saturated carbocycles. The van der Waals surface area contributed by atoms with Crippen LogP contribution in [-0.2, 0) is 10.0 Å². The van der Waals surface area contributed by atoms with Crippen LogP contribution in [0.25, 0.3) is 0 Å². The van der Waals surface area contributed by atoms with Gasteiger partial charge in [-0.25, -0.2) is 18.1 Å². The van der Waals surface area contributed by atoms with Crippen LogP contribution in [-0.4, -0.2) is 37.3 Å². The van der Waals surface area contributed by atoms with E-state index in [-0.39, 0.29) is 5.78 Å². The highest BCUT2D eigenvalue weighted by Crippen LogP contribution is 2.20. The minimum absolute atomic E-state index is 0.137. The summed E-state index contributed by atoms with van der Waals surface area (Å²) in [4.78, 5) is 21.5. The van der Waals surface area contributed by atoms with Gasteiger partial charge in [0.05, 0.1) is 16.0 Å². The Kier molecular flexibility index (Phi) is 7.67. The number of aromatic nitrogens is 2. The first kappa shape index (κ1) is 22.1. The minimum atomic E-state index is -3.47. The fraction of sp³-hybridized carbons (Fsp3) is 0.286. The van der Waals surface area contributed by atoms with E-state index in [9.17, 15) is 13.2 Å². The predicted molar refractivity (Wildman–Crippen MR) is 118 cm³/mol. The molecule has 0 radical (unpaired) electrons. The van der Waals surface area contributed by atoms with Gasteiger partial charge < -0.3 is 5.32 Å². The molecule has 158 valence electrons. The maximum absolute atomic E-state index is 12.3. The van der Waals surface area contributed by atoms with Crippen LogP contribution in [0.1, 0.15) is 40.2 Å². The van der Waals surface area contributed by atoms with E-state index >= 15 is 0 Å². The molecule has 0 bridgehead atoms. The highest BCUT2D eigenvalue weighted by molar-refractivity contribution is 7.89. The third-order valence-corrected chi connectivity index (χ3v) is 7.01. The van der Waals surface area contributed by atoms with E-state index in [4.69, 9.17) is 0 Å². The Morgan fingerprint density at radius 3 is 2.53 bits per heavy atom. The van der Waals surface area contributed by atoms with E-state index in [0.717, 1.165) is 24.8 Å². The molecule has 0 unspecified atom stereocenters. The number of benzene rings is 1. The molecule has 2 heterocycles. The van der Waals surface area contributed by atoms with Crippen molar-refractivity contribution in [1.82, 2.24) is 14.7 Å². The van der Waals surface area contributed by atoms with Gasteiger partial charge in [-0.15, -0.1) is 0 Å². The molecule has 0 aliphatic heterocycles. The lowest BCUT2D eigenvalue weighted by Gasteiger charge is -2.09. The molecule has 2 aromatic heterocycles. The van der Waals surface area contributed by atoms with Gasteiger partial charge in [-0.05, 0) is 43.5 Å². The summed E-state index contributed by atoms with van der Waals surface area (Å²) in [5.74, 6) is -0.137. The Hall–Kier alpha value is -2.62. The number of pyridine rings is 1. The number of ketones is 1. The zero-order chi connectivity index (χ0) is 21.4. The summed E-state index contributed by atoms with van der Waals surface area (Å²) in [6, 6.07) is 12.2. The number of sulfonamides is 1. The highest BCUT2D eigenvalue weighted by atomic mass is 32.2. The molecule has 3 rings (SSSR count). The lowest BCUT2D eigenvalue weighted by atomic mass is 10.2. The Labute approximate surface area is 180 Å². The van der Waals surface area contributed by atoms with Gasteiger partial charge in [-0.1, -0.05) is 42.0 Å². The van der Waals surface area contributed by atoms with Crippen LogP contribution in [0.4, 0.5) is 5.13 Å². The minimum Gasteiger partial charge on any atom is -0.362 e. The predicted octanol–water partition coefficient (Wildman–Crippen LogP) is 3.64. The van der Waals surface area contributed by atoms with Crippen LogP contribution in [0.2, 0.25) is 0 Å². The first-order chi connectivity index (χ1) is 14.5. The summed E-state index contributed by atoms with van der Waals surface area (Å²) in [6.45, 7) is 2.89. The van der Waals surface area contributed by atoms with Crippen LogP contribution in [0.5, 0.6) is 0 Å². The summed E-state index contributed by atoms with van der Waals surface area (Å²) in [5.41, 5.74) is 1.14. The number of carbonyl (C=O) groups excluding carboxylic acids is 1. The molecule has 9 heteroatoms. The van der Waals surface area contributed by atoms with Crippen LogP contribution < -0.4 is 10.0 Å². The quantitative estimate of drug-likeness (QED) is 0.346. The van der Waals surface area contributed by atoms with Crippen molar-refractivity contribution in [3.63, 3.8) is 0 Å². The van der Waals surface area contributed by atoms with Crippen molar-refractivity contribution >= 4 is 32.3 Å². The Bertz CT molecular complexity index is 1080. The molecule has 3 aromatic rings. The number of rotatable bonds is 11. The van der Waals surface area contributed by atoms with Crippen molar-refractivity contribution < 1.29 is 13.2 Å². The summed E-state index contributed by atoms with van der Waals surface area (Å²) < 4.78 is 27.3. The van der Waals surface area contributed by atoms with E-state index in [1.165, 1.54) is 11.3 Å². The molecule has 7 nitrogen and oxygen atoms in total. The molecule has 0 aliphatic carbocycles. The number of nitrogens with zero attached hydrogens (tertiary/aromatic N) is 2. The molecular formula is C21H24N4O3S2. The van der Waals surface area contributed by atoms with E-state index < -0.39 is 10.0 Å². The van der Waals surface area contributed by atoms with Gasteiger partial charge in [-0.3, -0.25) is 9.78 Å². The topological polar surface area (TPSA) is 101 Å². The smallest absolute Gasteiger partial charge is 0.240 e. The van der Waals surface area contributed by atoms with Gasteiger partial charge >= 0.3 is 0 Å². The van der Waals surface area contributed by atoms with Crippen molar-refractivity contribution in [2.75, 3.05) is 18.4 Å². The molecule has 30 heavy (non-hydrogen) atoms. The van der Waals surface area contributed by atoms with Crippen molar-refractivity contribution in [1.29, 1.82) is 0 Å². The molecular weight excluding hydrogens is 420 g/mol. The lowest BCUT2D eigenvalue weighted by molar-refractivity contribution is 0.103. The second-order valence-electron chi connectivity index (χ2n) is 6.72. The first-order valence-electron chi connectivity index (χ1n) is 9.68. The normalized spacial score (nSPS) is 11.4. The number of thiazole rings is 1. The van der Waals surface area contributed by atoms with Gasteiger partial charge in [-0.2, -0.15) is 0 Å². The van der Waals surface area contributed by atoms with Crippen molar-refractivity contribution in [3.05, 3.63) is 71.0 Å². The van der Waals surface area contributed by atoms with Crippen LogP contribution in [0.3, 0.4) is 0 Å². The standard InChI is InChI=1S/C21H24N4O3S2/c1-16-9-3-4-11-19(16)30(27,28)25-14-7-2-6-13-23-21-24-15-18(29-21)20(26)17-10-5-8-12-22-17/h3-5,8-12,15,25H,2,6-7,13-14H2,1H3,(H,23,24). The summed E-state index contributed by atoms with van der Waals surface area (Å²) >= 11 is 1.30. The molecule has 1 aromatic carbocycles. The number of unbranched alkanes of at least 4 members (excludes halogenated alkanes) is 2. The molecule has 0 amide bonds. The molecule has 0 aliphatic rings. The third-order valence-electron chi connectivity index (χ3n) is 4.43. The van der Waals surface area contributed by atoms with Crippen molar-refractivity contribution in [2.45, 2.75) is 31.1 Å². The molecule has 0 fully saturated rings. The van der Waals surface area contributed by atoms with Crippen LogP contribution in [0.15, 0.2) is 59.8 Å². The Morgan fingerprint density at radius 2 is 1.77 bits per heavy atom. The Balaban J connectivity index is 1.36. The maximum atomic E-state index is 12.3. The van der Waals surface area contributed by atoms with Gasteiger partial charge in [0.1, 0.15) is 5.69 Å². The fourth-order valence-electron chi connectivity index (χ4n) is 2.85. The lowest BCUT2D eigenvalue weighted by Crippen LogP contribution is -2.25. The Morgan fingerprint density at radius 1 is 1.00 bits per heavy atom. The van der Waals surface area contributed by atoms with E-state index in [0.29, 0.717) is 33.7 Å². The molecule has 0 atom stereocenters. The average Bonchev–Trinajstić information content (AvgIpc) is 3.22. The highest BCUT2D eigenvalue weighted by Gasteiger charge is 2.15. The molecule has 2 N–H and O–H groups in total. The molecule has 0 spiro atoms. The zero-order valence-electron chi connectivity index (χ0n) is 16.7. The second-order valence-corrected chi connectivity index (χ2v) is 9.49. The SMILES string of the molecule is Cc1ccccc1S(=O)(=O)NCCCCCNc1ncc(C(=O)c2ccccn2)s1. The number of hydrogen-bond acceptors (Lipinski definition) is 7. The number of hydrogen-bond donors (Lipinski definition) is 2. The molecule has 0 saturated heterocycles. The van der Waals surface area contributed by atoms with E-state index in [1.807, 2.05) is 6.07 Å². The largest absolute Gasteiger partial charge is 0.362 e. The average molecular weight is 445 g/mol. The van der Waals surface area contributed by atoms with Gasteiger partial charge in [0.25, 0.3) is 0 Å². The first-order valence-corrected chi connectivity index (χ1v) is 12.0. The maximum Gasteiger partial charge on any atom is 0.240 e. The van der Waals surface area contributed by atoms with Gasteiger partial charge in [0, 0.05) is 19.3 Å². The van der Waals surface area contributed by atoms with Crippen LogP contribution >= 0.6 is 11.3 Å². The van der Waals surface area contributed by atoms with E-state index in [1.54, 1.807) is 55.7 Å². The van der Waals surface area contributed by atoms with Gasteiger partial charge in [0.2, 0.25) is 15.8 Å². The summed E-state index contributed by atoms with van der Waals surface area (Å²) in [5, 5.41) is 3.90. The van der Waals surface area contributed by atoms with Crippen molar-refractivity contribution in [2.24, 2.45) is 0 Å². The fourth-order valence-corrected chi connectivity index (χ4v) is 4.96. The van der Waals surface area contributed by atoms with Crippen LogP contribution in [0, 0.1) is 6.92 Å². The summed E-state index contributed by atoms with van der Waals surface area (Å²) in [7, 11) is -3.47. The number of anilines is 1. The number of carbonyl (C=O) groups is 1. The van der Waals surface area contributed by atoms with E-state index in [2.05, 4.69) is 20.0 Å².